The van der Waals surface area contributed by atoms with Gasteiger partial charge in [0.1, 0.15) is 6.10 Å². The van der Waals surface area contributed by atoms with Crippen molar-refractivity contribution in [3.05, 3.63) is 23.5 Å². The Bertz CT molecular complexity index is 909. The number of rotatable bonds is 7. The molecule has 0 aromatic rings. The first-order chi connectivity index (χ1) is 17.1. The molecule has 5 aliphatic rings. The van der Waals surface area contributed by atoms with Gasteiger partial charge >= 0.3 is 0 Å². The van der Waals surface area contributed by atoms with Crippen LogP contribution in [0.2, 0.25) is 0 Å². The van der Waals surface area contributed by atoms with E-state index in [1.807, 2.05) is 13.8 Å². The van der Waals surface area contributed by atoms with Gasteiger partial charge in [0.25, 0.3) is 0 Å². The van der Waals surface area contributed by atoms with Crippen LogP contribution in [0.1, 0.15) is 79.1 Å². The average molecular weight is 505 g/mol. The third-order valence-electron chi connectivity index (χ3n) is 9.66. The average Bonchev–Trinajstić information content (AvgIpc) is 2.99. The minimum absolute atomic E-state index is 0.00455. The van der Waals surface area contributed by atoms with Crippen LogP contribution >= 0.6 is 0 Å². The zero-order valence-electron chi connectivity index (χ0n) is 22.3. The van der Waals surface area contributed by atoms with Crippen LogP contribution in [-0.2, 0) is 23.7 Å². The highest BCUT2D eigenvalue weighted by Crippen LogP contribution is 2.62. The Morgan fingerprint density at radius 2 is 1.92 bits per heavy atom. The molecule has 0 amide bonds. The minimum atomic E-state index is -0.894. The number of ether oxygens (including phenoxy) is 4. The third kappa shape index (κ3) is 4.19. The Labute approximate surface area is 215 Å². The van der Waals surface area contributed by atoms with Crippen molar-refractivity contribution in [1.29, 1.82) is 0 Å². The number of ketones is 1. The van der Waals surface area contributed by atoms with E-state index in [0.29, 0.717) is 18.6 Å². The summed E-state index contributed by atoms with van der Waals surface area (Å²) in [6.45, 7) is 13.0. The summed E-state index contributed by atoms with van der Waals surface area (Å²) in [5.74, 6) is 0.246. The Kier molecular flexibility index (Phi) is 7.18. The summed E-state index contributed by atoms with van der Waals surface area (Å²) in [6, 6.07) is 0. The van der Waals surface area contributed by atoms with Crippen LogP contribution in [-0.4, -0.2) is 59.6 Å². The molecular weight excluding hydrogens is 460 g/mol. The van der Waals surface area contributed by atoms with Crippen molar-refractivity contribution in [2.75, 3.05) is 13.2 Å². The molecule has 0 aromatic heterocycles. The van der Waals surface area contributed by atoms with Crippen LogP contribution in [0.25, 0.3) is 0 Å². The number of unbranched alkanes of at least 4 members (excludes halogenated alkanes) is 1. The van der Waals surface area contributed by atoms with Crippen molar-refractivity contribution < 1.29 is 34.0 Å². The third-order valence-corrected chi connectivity index (χ3v) is 9.66. The molecule has 2 N–H and O–H groups in total. The Hall–Kier alpha value is -1.25. The fraction of sp³-hybridized carbons (Fsp3) is 0.828. The number of hydrogen-bond acceptors (Lipinski definition) is 7. The maximum atomic E-state index is 13.8. The van der Waals surface area contributed by atoms with E-state index >= 15 is 0 Å². The number of Topliss-reactive ketones (excluding diaryl/α,β-unsaturated/α-hetero) is 1. The smallest absolute Gasteiger partial charge is 0.199 e. The number of carbonyl (C=O) groups excluding carboxylic acids is 1. The highest BCUT2D eigenvalue weighted by molar-refractivity contribution is 6.04. The first-order valence-corrected chi connectivity index (χ1v) is 14.0. The van der Waals surface area contributed by atoms with Gasteiger partial charge in [0.2, 0.25) is 0 Å². The van der Waals surface area contributed by atoms with Crippen molar-refractivity contribution in [1.82, 2.24) is 0 Å². The molecule has 202 valence electrons. The van der Waals surface area contributed by atoms with Crippen LogP contribution in [0.15, 0.2) is 23.5 Å². The summed E-state index contributed by atoms with van der Waals surface area (Å²) in [4.78, 5) is 13.8. The number of aliphatic hydroxyl groups excluding tert-OH is 2. The van der Waals surface area contributed by atoms with Gasteiger partial charge in [-0.05, 0) is 81.3 Å². The minimum Gasteiger partial charge on any atom is -0.469 e. The number of carbonyl (C=O) groups is 1. The zero-order chi connectivity index (χ0) is 25.8. The molecule has 2 aliphatic heterocycles. The quantitative estimate of drug-likeness (QED) is 0.395. The summed E-state index contributed by atoms with van der Waals surface area (Å²) in [5.41, 5.74) is 1.07. The van der Waals surface area contributed by atoms with E-state index in [0.717, 1.165) is 50.7 Å². The monoisotopic (exact) mass is 504 g/mol. The van der Waals surface area contributed by atoms with Gasteiger partial charge in [-0.15, -0.1) is 0 Å². The molecule has 7 nitrogen and oxygen atoms in total. The second-order valence-corrected chi connectivity index (χ2v) is 12.3. The lowest BCUT2D eigenvalue weighted by Crippen LogP contribution is -2.67. The molecule has 9 atom stereocenters. The van der Waals surface area contributed by atoms with Crippen LogP contribution in [0.4, 0.5) is 0 Å². The van der Waals surface area contributed by atoms with Gasteiger partial charge in [-0.3, -0.25) is 4.79 Å². The molecule has 0 spiro atoms. The van der Waals surface area contributed by atoms with Crippen molar-refractivity contribution in [3.8, 4) is 0 Å². The van der Waals surface area contributed by atoms with E-state index in [4.69, 9.17) is 24.1 Å². The topological polar surface area (TPSA) is 94.5 Å². The van der Waals surface area contributed by atoms with Gasteiger partial charge in [-0.1, -0.05) is 20.4 Å². The number of hydrogen-bond donors (Lipinski definition) is 2. The summed E-state index contributed by atoms with van der Waals surface area (Å²) >= 11 is 0. The molecule has 2 heterocycles. The molecule has 3 aliphatic carbocycles. The van der Waals surface area contributed by atoms with Crippen molar-refractivity contribution in [3.63, 3.8) is 0 Å². The van der Waals surface area contributed by atoms with Gasteiger partial charge in [-0.25, -0.2) is 0 Å². The molecule has 9 unspecified atom stereocenters. The van der Waals surface area contributed by atoms with E-state index in [1.165, 1.54) is 5.57 Å². The lowest BCUT2D eigenvalue weighted by atomic mass is 9.59. The lowest BCUT2D eigenvalue weighted by Gasteiger charge is -2.57. The van der Waals surface area contributed by atoms with Crippen molar-refractivity contribution >= 4 is 5.78 Å². The molecule has 3 fully saturated rings. The van der Waals surface area contributed by atoms with Crippen LogP contribution in [0.3, 0.4) is 0 Å². The summed E-state index contributed by atoms with van der Waals surface area (Å²) in [5, 5.41) is 21.0. The summed E-state index contributed by atoms with van der Waals surface area (Å²) < 4.78 is 25.2. The zero-order valence-corrected chi connectivity index (χ0v) is 22.3. The highest BCUT2D eigenvalue weighted by Gasteiger charge is 2.71. The summed E-state index contributed by atoms with van der Waals surface area (Å²) in [6.07, 6.45) is 4.50. The Morgan fingerprint density at radius 3 is 2.67 bits per heavy atom. The fourth-order valence-electron chi connectivity index (χ4n) is 7.75. The number of aliphatic hydroxyl groups is 2. The molecule has 0 aromatic carbocycles. The summed E-state index contributed by atoms with van der Waals surface area (Å²) in [7, 11) is 0. The molecule has 1 saturated heterocycles. The normalized spacial score (nSPS) is 42.6. The largest absolute Gasteiger partial charge is 0.469 e. The van der Waals surface area contributed by atoms with Gasteiger partial charge in [0, 0.05) is 25.4 Å². The maximum absolute atomic E-state index is 13.8. The Balaban J connectivity index is 1.38. The maximum Gasteiger partial charge on any atom is 0.199 e. The number of allylic oxidation sites excluding steroid dienone is 2. The van der Waals surface area contributed by atoms with E-state index in [9.17, 15) is 9.90 Å². The predicted octanol–water partition coefficient (Wildman–Crippen LogP) is 4.26. The van der Waals surface area contributed by atoms with Crippen molar-refractivity contribution in [2.45, 2.75) is 109 Å². The SMILES string of the molecule is C=C1C(=O)C23C(C)CCC1C2OC(C)(C)OC3C(O)C1CC2=C(CCC(OCCCCO)O2)CC1C. The van der Waals surface area contributed by atoms with Gasteiger partial charge in [0.05, 0.1) is 30.0 Å². The lowest BCUT2D eigenvalue weighted by molar-refractivity contribution is -0.369. The van der Waals surface area contributed by atoms with E-state index < -0.39 is 23.4 Å². The van der Waals surface area contributed by atoms with Gasteiger partial charge < -0.3 is 29.2 Å². The second kappa shape index (κ2) is 9.81. The standard InChI is InChI=1S/C29H44O7/c1-16-14-19-9-11-23(33-13-7-6-12-30)34-22(19)15-21(16)24(31)27-29-17(2)8-10-20(18(3)25(29)32)26(29)35-28(4,5)36-27/h16-17,20-21,23-24,26-27,30-31H,3,6-15H2,1-2,4-5H3. The van der Waals surface area contributed by atoms with Crippen LogP contribution in [0.5, 0.6) is 0 Å². The first kappa shape index (κ1) is 26.4. The van der Waals surface area contributed by atoms with Crippen LogP contribution < -0.4 is 0 Å². The molecule has 5 rings (SSSR count). The second-order valence-electron chi connectivity index (χ2n) is 12.3. The fourth-order valence-corrected chi connectivity index (χ4v) is 7.75. The van der Waals surface area contributed by atoms with Crippen molar-refractivity contribution in [2.24, 2.45) is 29.1 Å². The van der Waals surface area contributed by atoms with Gasteiger partial charge in [-0.2, -0.15) is 0 Å². The Morgan fingerprint density at radius 1 is 1.14 bits per heavy atom. The van der Waals surface area contributed by atoms with Gasteiger partial charge in [0.15, 0.2) is 17.9 Å². The molecule has 2 bridgehead atoms. The molecule has 7 heteroatoms. The predicted molar refractivity (Wildman–Crippen MR) is 134 cm³/mol. The molecule has 2 saturated carbocycles. The van der Waals surface area contributed by atoms with E-state index in [-0.39, 0.29) is 48.5 Å². The van der Waals surface area contributed by atoms with E-state index in [2.05, 4.69) is 20.4 Å². The highest BCUT2D eigenvalue weighted by atomic mass is 16.7. The van der Waals surface area contributed by atoms with Crippen LogP contribution in [0, 0.1) is 29.1 Å². The first-order valence-electron chi connectivity index (χ1n) is 14.0. The van der Waals surface area contributed by atoms with E-state index in [1.54, 1.807) is 0 Å². The molecule has 36 heavy (non-hydrogen) atoms. The molecule has 0 radical (unpaired) electrons. The molecular formula is C29H44O7.